The van der Waals surface area contributed by atoms with Crippen LogP contribution in [0.4, 0.5) is 24.5 Å². The number of nitrogens with one attached hydrogen (secondary N) is 2. The number of allylic oxidation sites excluding steroid dienone is 1. The average molecular weight is 452 g/mol. The van der Waals surface area contributed by atoms with Crippen molar-refractivity contribution in [3.63, 3.8) is 0 Å². The molecule has 7 nitrogen and oxygen atoms in total. The number of esters is 1. The number of anilines is 2. The van der Waals surface area contributed by atoms with Crippen LogP contribution in [0.1, 0.15) is 15.9 Å². The molecule has 2 aromatic carbocycles. The van der Waals surface area contributed by atoms with Crippen LogP contribution < -0.4 is 10.6 Å². The molecule has 2 N–H and O–H groups in total. The highest BCUT2D eigenvalue weighted by molar-refractivity contribution is 6.31. The Balaban J connectivity index is 2.01. The molecule has 0 aliphatic carbocycles. The molecule has 0 radical (unpaired) electrons. The summed E-state index contributed by atoms with van der Waals surface area (Å²) in [6.07, 6.45) is -4.01. The molecular weight excluding hydrogens is 439 g/mol. The number of carbonyl (C=O) groups is 3. The van der Waals surface area contributed by atoms with E-state index in [1.807, 2.05) is 6.07 Å². The minimum Gasteiger partial charge on any atom is -0.452 e. The molecule has 0 atom stereocenters. The van der Waals surface area contributed by atoms with Crippen molar-refractivity contribution in [2.45, 2.75) is 6.18 Å². The molecule has 0 aliphatic heterocycles. The van der Waals surface area contributed by atoms with Crippen molar-refractivity contribution in [3.8, 4) is 6.07 Å². The fourth-order valence-electron chi connectivity index (χ4n) is 2.20. The molecule has 31 heavy (non-hydrogen) atoms. The van der Waals surface area contributed by atoms with E-state index >= 15 is 0 Å². The number of rotatable bonds is 7. The number of nitrogens with zero attached hydrogens (tertiary/aromatic N) is 1. The molecule has 0 unspecified atom stereocenters. The molecule has 0 saturated carbocycles. The van der Waals surface area contributed by atoms with Crippen molar-refractivity contribution in [1.82, 2.24) is 0 Å². The van der Waals surface area contributed by atoms with Crippen LogP contribution in [0.5, 0.6) is 0 Å². The van der Waals surface area contributed by atoms with E-state index in [1.165, 1.54) is 42.5 Å². The van der Waals surface area contributed by atoms with E-state index in [9.17, 15) is 27.6 Å². The largest absolute Gasteiger partial charge is 0.454 e. The van der Waals surface area contributed by atoms with Gasteiger partial charge in [0.2, 0.25) is 0 Å². The number of ketones is 1. The lowest BCUT2D eigenvalue weighted by molar-refractivity contribution is -0.165. The minimum absolute atomic E-state index is 0.0562. The molecule has 2 rings (SSSR count). The van der Waals surface area contributed by atoms with Crippen molar-refractivity contribution in [2.24, 2.45) is 0 Å². The molecule has 160 valence electrons. The number of nitriles is 1. The van der Waals surface area contributed by atoms with Gasteiger partial charge in [0.1, 0.15) is 6.07 Å². The Morgan fingerprint density at radius 3 is 2.52 bits per heavy atom. The van der Waals surface area contributed by atoms with E-state index in [-0.39, 0.29) is 33.6 Å². The van der Waals surface area contributed by atoms with Gasteiger partial charge in [-0.05, 0) is 30.3 Å². The van der Waals surface area contributed by atoms with Gasteiger partial charge in [0.25, 0.3) is 11.7 Å². The van der Waals surface area contributed by atoms with Crippen molar-refractivity contribution < 1.29 is 32.3 Å². The lowest BCUT2D eigenvalue weighted by Gasteiger charge is -2.10. The summed E-state index contributed by atoms with van der Waals surface area (Å²) in [6.45, 7) is -0.701. The van der Waals surface area contributed by atoms with Crippen LogP contribution >= 0.6 is 11.6 Å². The summed E-state index contributed by atoms with van der Waals surface area (Å²) in [6, 6.07) is 11.7. The number of halogens is 4. The number of benzene rings is 2. The number of para-hydroxylation sites is 1. The molecule has 0 aromatic heterocycles. The second kappa shape index (κ2) is 10.3. The zero-order chi connectivity index (χ0) is 23.0. The Kier molecular flexibility index (Phi) is 7.76. The van der Waals surface area contributed by atoms with Crippen LogP contribution in [0, 0.1) is 11.3 Å². The quantitative estimate of drug-likeness (QED) is 0.485. The first kappa shape index (κ1) is 23.4. The Labute approximate surface area is 179 Å². The normalized spacial score (nSPS) is 10.9. The summed E-state index contributed by atoms with van der Waals surface area (Å²) in [5.74, 6) is -3.76. The van der Waals surface area contributed by atoms with Gasteiger partial charge in [-0.3, -0.25) is 9.59 Å². The lowest BCUT2D eigenvalue weighted by Crippen LogP contribution is -2.22. The fraction of sp³-hybridized carbons (Fsp3) is 0.100. The number of hydrogen-bond acceptors (Lipinski definition) is 6. The number of alkyl halides is 3. The number of ether oxygens (including phenoxy) is 1. The first-order valence-electron chi connectivity index (χ1n) is 8.41. The standard InChI is InChI=1S/C20H13ClF3N3O4/c21-13-6-5-12(10-25)16(9-13)27-18(29)11-31-19(30)14-3-1-2-4-15(14)26-8-7-17(28)20(22,23)24/h1-9,26H,11H2,(H,27,29)/b8-7+. The van der Waals surface area contributed by atoms with Crippen LogP contribution in [0.2, 0.25) is 5.02 Å². The number of hydrogen-bond donors (Lipinski definition) is 2. The number of carbonyl (C=O) groups excluding carboxylic acids is 3. The first-order chi connectivity index (χ1) is 14.6. The monoisotopic (exact) mass is 451 g/mol. The van der Waals surface area contributed by atoms with Crippen LogP contribution in [0.25, 0.3) is 0 Å². The van der Waals surface area contributed by atoms with Gasteiger partial charge in [-0.15, -0.1) is 0 Å². The third kappa shape index (κ3) is 6.87. The molecular formula is C20H13ClF3N3O4. The summed E-state index contributed by atoms with van der Waals surface area (Å²) >= 11 is 5.83. The lowest BCUT2D eigenvalue weighted by atomic mass is 10.2. The van der Waals surface area contributed by atoms with Gasteiger partial charge < -0.3 is 15.4 Å². The van der Waals surface area contributed by atoms with Crippen molar-refractivity contribution in [3.05, 3.63) is 70.9 Å². The SMILES string of the molecule is N#Cc1ccc(Cl)cc1NC(=O)COC(=O)c1ccccc1N/C=C/C(=O)C(F)(F)F. The van der Waals surface area contributed by atoms with E-state index in [4.69, 9.17) is 21.6 Å². The van der Waals surface area contributed by atoms with Crippen LogP contribution in [-0.4, -0.2) is 30.4 Å². The highest BCUT2D eigenvalue weighted by atomic mass is 35.5. The third-order valence-corrected chi connectivity index (χ3v) is 3.85. The van der Waals surface area contributed by atoms with Crippen molar-refractivity contribution >= 4 is 40.6 Å². The maximum absolute atomic E-state index is 12.3. The van der Waals surface area contributed by atoms with Crippen LogP contribution in [-0.2, 0) is 14.3 Å². The van der Waals surface area contributed by atoms with E-state index in [0.29, 0.717) is 0 Å². The second-order valence-corrected chi connectivity index (χ2v) is 6.25. The second-order valence-electron chi connectivity index (χ2n) is 5.81. The van der Waals surface area contributed by atoms with E-state index in [0.717, 1.165) is 6.20 Å². The summed E-state index contributed by atoms with van der Waals surface area (Å²) in [7, 11) is 0. The summed E-state index contributed by atoms with van der Waals surface area (Å²) in [5.41, 5.74) is 0.261. The topological polar surface area (TPSA) is 108 Å². The molecule has 0 bridgehead atoms. The predicted molar refractivity (Wildman–Crippen MR) is 105 cm³/mol. The summed E-state index contributed by atoms with van der Waals surface area (Å²) in [5, 5.41) is 14.1. The smallest absolute Gasteiger partial charge is 0.452 e. The van der Waals surface area contributed by atoms with Gasteiger partial charge >= 0.3 is 12.1 Å². The van der Waals surface area contributed by atoms with Crippen molar-refractivity contribution in [2.75, 3.05) is 17.2 Å². The Morgan fingerprint density at radius 1 is 1.13 bits per heavy atom. The molecule has 0 aliphatic rings. The van der Waals surface area contributed by atoms with Gasteiger partial charge in [-0.25, -0.2) is 4.79 Å². The maximum Gasteiger partial charge on any atom is 0.454 e. The third-order valence-electron chi connectivity index (χ3n) is 3.61. The van der Waals surface area contributed by atoms with E-state index < -0.39 is 30.4 Å². The van der Waals surface area contributed by atoms with Gasteiger partial charge in [-0.1, -0.05) is 23.7 Å². The van der Waals surface area contributed by atoms with E-state index in [2.05, 4.69) is 10.6 Å². The summed E-state index contributed by atoms with van der Waals surface area (Å²) in [4.78, 5) is 35.2. The Bertz CT molecular complexity index is 1080. The molecule has 2 aromatic rings. The zero-order valence-electron chi connectivity index (χ0n) is 15.5. The Hall–Kier alpha value is -3.84. The molecule has 1 amide bonds. The van der Waals surface area contributed by atoms with Gasteiger partial charge in [-0.2, -0.15) is 18.4 Å². The van der Waals surface area contributed by atoms with Crippen LogP contribution in [0.15, 0.2) is 54.7 Å². The minimum atomic E-state index is -5.02. The van der Waals surface area contributed by atoms with E-state index in [1.54, 1.807) is 0 Å². The molecule has 0 fully saturated rings. The fourth-order valence-corrected chi connectivity index (χ4v) is 2.37. The number of amides is 1. The van der Waals surface area contributed by atoms with Crippen molar-refractivity contribution in [1.29, 1.82) is 5.26 Å². The molecule has 11 heteroatoms. The highest BCUT2D eigenvalue weighted by Crippen LogP contribution is 2.21. The van der Waals surface area contributed by atoms with Gasteiger partial charge in [0, 0.05) is 17.3 Å². The molecule has 0 spiro atoms. The first-order valence-corrected chi connectivity index (χ1v) is 8.79. The van der Waals surface area contributed by atoms with Gasteiger partial charge in [0.05, 0.1) is 22.5 Å². The highest BCUT2D eigenvalue weighted by Gasteiger charge is 2.36. The van der Waals surface area contributed by atoms with Crippen LogP contribution in [0.3, 0.4) is 0 Å². The maximum atomic E-state index is 12.3. The zero-order valence-corrected chi connectivity index (χ0v) is 16.3. The predicted octanol–water partition coefficient (Wildman–Crippen LogP) is 4.06. The molecule has 0 heterocycles. The van der Waals surface area contributed by atoms with Gasteiger partial charge in [0.15, 0.2) is 6.61 Å². The summed E-state index contributed by atoms with van der Waals surface area (Å²) < 4.78 is 41.6. The Morgan fingerprint density at radius 2 is 1.84 bits per heavy atom. The molecule has 0 saturated heterocycles. The average Bonchev–Trinajstić information content (AvgIpc) is 2.72.